The van der Waals surface area contributed by atoms with Gasteiger partial charge in [-0.15, -0.1) is 0 Å². The summed E-state index contributed by atoms with van der Waals surface area (Å²) in [5.41, 5.74) is 1.52. The van der Waals surface area contributed by atoms with Gasteiger partial charge >= 0.3 is 0 Å². The van der Waals surface area contributed by atoms with E-state index in [1.807, 2.05) is 30.3 Å². The maximum atomic E-state index is 10.8. The first-order valence-electron chi connectivity index (χ1n) is 3.67. The van der Waals surface area contributed by atoms with Gasteiger partial charge in [-0.05, 0) is 6.72 Å². The van der Waals surface area contributed by atoms with E-state index in [2.05, 4.69) is 11.7 Å². The average Bonchev–Trinajstić information content (AvgIpc) is 2.15. The number of hydrogen-bond donors (Lipinski definition) is 0. The maximum absolute atomic E-state index is 10.8. The van der Waals surface area contributed by atoms with Gasteiger partial charge in [0.2, 0.25) is 3.79 Å². The smallest absolute Gasteiger partial charge is 0.217 e. The van der Waals surface area contributed by atoms with Gasteiger partial charge < -0.3 is 0 Å². The van der Waals surface area contributed by atoms with Crippen molar-refractivity contribution in [3.63, 3.8) is 0 Å². The van der Waals surface area contributed by atoms with Crippen molar-refractivity contribution in [2.24, 2.45) is 4.99 Å². The maximum Gasteiger partial charge on any atom is 0.217 e. The summed E-state index contributed by atoms with van der Waals surface area (Å²) < 4.78 is -0.0520. The average molecular weight is 285 g/mol. The SMILES string of the molecule is C=N/C(=C\C(=O)I)c1ccccc1. The molecule has 0 aliphatic rings. The molecule has 13 heavy (non-hydrogen) atoms. The number of carbonyl (C=O) groups excluding carboxylic acids is 1. The molecule has 0 N–H and O–H groups in total. The fourth-order valence-electron chi connectivity index (χ4n) is 0.937. The molecule has 0 heterocycles. The summed E-state index contributed by atoms with van der Waals surface area (Å²) in [6, 6.07) is 9.48. The highest BCUT2D eigenvalue weighted by Crippen LogP contribution is 2.15. The number of benzene rings is 1. The molecule has 1 rings (SSSR count). The first-order chi connectivity index (χ1) is 6.24. The van der Waals surface area contributed by atoms with Crippen molar-refractivity contribution in [1.29, 1.82) is 0 Å². The van der Waals surface area contributed by atoms with Crippen LogP contribution in [0.2, 0.25) is 0 Å². The molecule has 0 saturated carbocycles. The van der Waals surface area contributed by atoms with Crippen molar-refractivity contribution in [3.05, 3.63) is 42.0 Å². The molecular formula is C10H8INO. The zero-order chi connectivity index (χ0) is 9.68. The summed E-state index contributed by atoms with van der Waals surface area (Å²) in [6.07, 6.45) is 1.46. The number of rotatable bonds is 3. The zero-order valence-electron chi connectivity index (χ0n) is 6.90. The van der Waals surface area contributed by atoms with Crippen LogP contribution < -0.4 is 0 Å². The van der Waals surface area contributed by atoms with E-state index < -0.39 is 0 Å². The first-order valence-corrected chi connectivity index (χ1v) is 4.75. The summed E-state index contributed by atoms with van der Waals surface area (Å²) in [5, 5.41) is 0. The third-order valence-electron chi connectivity index (χ3n) is 1.49. The molecule has 0 aromatic heterocycles. The molecule has 0 aliphatic carbocycles. The molecule has 1 aromatic rings. The minimum atomic E-state index is -0.0520. The lowest BCUT2D eigenvalue weighted by atomic mass is 10.1. The molecule has 2 nitrogen and oxygen atoms in total. The van der Waals surface area contributed by atoms with Gasteiger partial charge in [0.05, 0.1) is 5.70 Å². The van der Waals surface area contributed by atoms with E-state index in [0.717, 1.165) is 5.56 Å². The number of hydrogen-bond acceptors (Lipinski definition) is 2. The molecule has 0 atom stereocenters. The Kier molecular flexibility index (Phi) is 3.82. The van der Waals surface area contributed by atoms with Crippen LogP contribution in [0.1, 0.15) is 5.56 Å². The number of allylic oxidation sites excluding steroid dienone is 1. The van der Waals surface area contributed by atoms with Crippen molar-refractivity contribution in [2.45, 2.75) is 0 Å². The van der Waals surface area contributed by atoms with Crippen molar-refractivity contribution in [3.8, 4) is 0 Å². The van der Waals surface area contributed by atoms with Crippen molar-refractivity contribution in [2.75, 3.05) is 0 Å². The molecule has 66 valence electrons. The Morgan fingerprint density at radius 2 is 2.00 bits per heavy atom. The summed E-state index contributed by atoms with van der Waals surface area (Å²) in [4.78, 5) is 14.6. The molecule has 0 saturated heterocycles. The van der Waals surface area contributed by atoms with Gasteiger partial charge in [-0.3, -0.25) is 9.79 Å². The Bertz CT molecular complexity index is 343. The fraction of sp³-hybridized carbons (Fsp3) is 0. The normalized spacial score (nSPS) is 11.0. The van der Waals surface area contributed by atoms with Crippen LogP contribution >= 0.6 is 22.6 Å². The van der Waals surface area contributed by atoms with Crippen molar-refractivity contribution >= 4 is 38.8 Å². The monoisotopic (exact) mass is 285 g/mol. The molecule has 0 fully saturated rings. The second-order valence-electron chi connectivity index (χ2n) is 2.36. The number of aliphatic imine (C=N–C) groups is 1. The van der Waals surface area contributed by atoms with E-state index in [1.54, 1.807) is 22.6 Å². The summed E-state index contributed by atoms with van der Waals surface area (Å²) >= 11 is 1.70. The van der Waals surface area contributed by atoms with Crippen LogP contribution in [0, 0.1) is 0 Å². The van der Waals surface area contributed by atoms with E-state index in [9.17, 15) is 4.79 Å². The molecular weight excluding hydrogens is 277 g/mol. The Labute approximate surface area is 90.5 Å². The second-order valence-corrected chi connectivity index (χ2v) is 3.42. The van der Waals surface area contributed by atoms with E-state index in [4.69, 9.17) is 0 Å². The second kappa shape index (κ2) is 4.91. The summed E-state index contributed by atoms with van der Waals surface area (Å²) in [7, 11) is 0. The van der Waals surface area contributed by atoms with Crippen molar-refractivity contribution in [1.82, 2.24) is 0 Å². The van der Waals surface area contributed by atoms with Gasteiger partial charge in [0, 0.05) is 34.2 Å². The molecule has 0 aliphatic heterocycles. The minimum absolute atomic E-state index is 0.0520. The number of carbonyl (C=O) groups is 1. The van der Waals surface area contributed by atoms with Gasteiger partial charge in [0.15, 0.2) is 0 Å². The van der Waals surface area contributed by atoms with Gasteiger partial charge in [0.25, 0.3) is 0 Å². The van der Waals surface area contributed by atoms with Crippen LogP contribution in [-0.2, 0) is 4.79 Å². The highest BCUT2D eigenvalue weighted by molar-refractivity contribution is 14.1. The first kappa shape index (κ1) is 10.1. The van der Waals surface area contributed by atoms with Crippen LogP contribution in [0.4, 0.5) is 0 Å². The number of nitrogens with zero attached hydrogens (tertiary/aromatic N) is 1. The Balaban J connectivity index is 3.05. The standard InChI is InChI=1S/C10H8INO/c1-12-9(7-10(11)13)8-5-3-2-4-6-8/h2-7H,1H2/b9-7-. The van der Waals surface area contributed by atoms with Crippen LogP contribution in [0.3, 0.4) is 0 Å². The Hall–Kier alpha value is -0.970. The highest BCUT2D eigenvalue weighted by Gasteiger charge is 1.98. The summed E-state index contributed by atoms with van der Waals surface area (Å²) in [5.74, 6) is 0. The topological polar surface area (TPSA) is 29.4 Å². The highest BCUT2D eigenvalue weighted by atomic mass is 127. The van der Waals surface area contributed by atoms with E-state index in [0.29, 0.717) is 5.70 Å². The van der Waals surface area contributed by atoms with Crippen molar-refractivity contribution < 1.29 is 4.79 Å². The molecule has 0 radical (unpaired) electrons. The lowest BCUT2D eigenvalue weighted by Crippen LogP contribution is -1.83. The third-order valence-corrected chi connectivity index (χ3v) is 1.80. The predicted octanol–water partition coefficient (Wildman–Crippen LogP) is 2.69. The van der Waals surface area contributed by atoms with Gasteiger partial charge in [-0.1, -0.05) is 30.3 Å². The minimum Gasteiger partial charge on any atom is -0.283 e. The van der Waals surface area contributed by atoms with Crippen LogP contribution in [-0.4, -0.2) is 10.5 Å². The number of halogens is 1. The Morgan fingerprint density at radius 1 is 1.38 bits per heavy atom. The molecule has 0 amide bonds. The molecule has 0 spiro atoms. The zero-order valence-corrected chi connectivity index (χ0v) is 9.06. The molecule has 1 aromatic carbocycles. The van der Waals surface area contributed by atoms with Gasteiger partial charge in [-0.25, -0.2) is 0 Å². The summed E-state index contributed by atoms with van der Waals surface area (Å²) in [6.45, 7) is 3.42. The molecule has 0 bridgehead atoms. The van der Waals surface area contributed by atoms with E-state index in [-0.39, 0.29) is 3.79 Å². The predicted molar refractivity (Wildman–Crippen MR) is 63.0 cm³/mol. The van der Waals surface area contributed by atoms with Crippen LogP contribution in [0.5, 0.6) is 0 Å². The van der Waals surface area contributed by atoms with Gasteiger partial charge in [-0.2, -0.15) is 0 Å². The Morgan fingerprint density at radius 3 is 2.46 bits per heavy atom. The van der Waals surface area contributed by atoms with E-state index in [1.165, 1.54) is 6.08 Å². The molecule has 0 unspecified atom stereocenters. The quantitative estimate of drug-likeness (QED) is 0.363. The van der Waals surface area contributed by atoms with Crippen LogP contribution in [0.25, 0.3) is 5.70 Å². The lowest BCUT2D eigenvalue weighted by Gasteiger charge is -1.98. The van der Waals surface area contributed by atoms with Gasteiger partial charge in [0.1, 0.15) is 0 Å². The third kappa shape index (κ3) is 3.10. The molecule has 3 heteroatoms. The fourth-order valence-corrected chi connectivity index (χ4v) is 1.23. The lowest BCUT2D eigenvalue weighted by molar-refractivity contribution is -0.105. The largest absolute Gasteiger partial charge is 0.283 e. The van der Waals surface area contributed by atoms with Crippen LogP contribution in [0.15, 0.2) is 41.4 Å². The van der Waals surface area contributed by atoms with E-state index >= 15 is 0 Å².